The Hall–Kier alpha value is -0.980. The number of aromatic nitrogens is 3. The van der Waals surface area contributed by atoms with E-state index in [9.17, 15) is 5.11 Å². The molecular weight excluding hydrogens is 244 g/mol. The van der Waals surface area contributed by atoms with Crippen LogP contribution < -0.4 is 0 Å². The maximum Gasteiger partial charge on any atom is 0.147 e. The van der Waals surface area contributed by atoms with Crippen molar-refractivity contribution in [2.75, 3.05) is 19.7 Å². The van der Waals surface area contributed by atoms with E-state index in [2.05, 4.69) is 19.7 Å². The van der Waals surface area contributed by atoms with Gasteiger partial charge in [0, 0.05) is 26.1 Å². The van der Waals surface area contributed by atoms with Crippen LogP contribution in [0.1, 0.15) is 31.4 Å². The molecule has 1 aromatic rings. The van der Waals surface area contributed by atoms with Gasteiger partial charge in [0.1, 0.15) is 11.6 Å². The number of rotatable bonds is 3. The standard InChI is InChI=1S/C13H22N4O2/c1-10-6-16(7-11(9-18)19-10)8-13-15-14-12-4-2-3-5-17(12)13/h10-11,18H,2-9H2,1H3. The topological polar surface area (TPSA) is 63.4 Å². The second-order valence-electron chi connectivity index (χ2n) is 5.59. The van der Waals surface area contributed by atoms with Gasteiger partial charge >= 0.3 is 0 Å². The number of nitrogens with zero attached hydrogens (tertiary/aromatic N) is 4. The predicted molar refractivity (Wildman–Crippen MR) is 69.7 cm³/mol. The first-order chi connectivity index (χ1) is 9.26. The summed E-state index contributed by atoms with van der Waals surface area (Å²) in [5.74, 6) is 2.18. The third-order valence-corrected chi connectivity index (χ3v) is 3.91. The Morgan fingerprint density at radius 1 is 1.32 bits per heavy atom. The van der Waals surface area contributed by atoms with Crippen LogP contribution in [0.3, 0.4) is 0 Å². The van der Waals surface area contributed by atoms with Crippen molar-refractivity contribution in [2.24, 2.45) is 0 Å². The average Bonchev–Trinajstić information content (AvgIpc) is 2.82. The van der Waals surface area contributed by atoms with E-state index < -0.39 is 0 Å². The molecule has 1 saturated heterocycles. The molecule has 0 aromatic carbocycles. The summed E-state index contributed by atoms with van der Waals surface area (Å²) >= 11 is 0. The van der Waals surface area contributed by atoms with Gasteiger partial charge in [-0.25, -0.2) is 0 Å². The molecule has 0 amide bonds. The van der Waals surface area contributed by atoms with E-state index in [1.807, 2.05) is 6.92 Å². The molecule has 6 heteroatoms. The normalized spacial score (nSPS) is 28.3. The maximum atomic E-state index is 9.26. The van der Waals surface area contributed by atoms with E-state index in [4.69, 9.17) is 4.74 Å². The molecule has 0 radical (unpaired) electrons. The average molecular weight is 266 g/mol. The highest BCUT2D eigenvalue weighted by atomic mass is 16.5. The molecule has 2 unspecified atom stereocenters. The molecule has 0 bridgehead atoms. The highest BCUT2D eigenvalue weighted by Gasteiger charge is 2.26. The Labute approximate surface area is 113 Å². The molecule has 3 rings (SSSR count). The van der Waals surface area contributed by atoms with Crippen LogP contribution in [0.15, 0.2) is 0 Å². The fourth-order valence-corrected chi connectivity index (χ4v) is 3.06. The number of hydrogen-bond acceptors (Lipinski definition) is 5. The van der Waals surface area contributed by atoms with Gasteiger partial charge in [0.05, 0.1) is 25.4 Å². The minimum absolute atomic E-state index is 0.0764. The van der Waals surface area contributed by atoms with Gasteiger partial charge in [0.15, 0.2) is 0 Å². The maximum absolute atomic E-state index is 9.26. The van der Waals surface area contributed by atoms with E-state index in [1.165, 1.54) is 12.8 Å². The van der Waals surface area contributed by atoms with E-state index in [-0.39, 0.29) is 18.8 Å². The lowest BCUT2D eigenvalue weighted by Crippen LogP contribution is -2.47. The van der Waals surface area contributed by atoms with Crippen molar-refractivity contribution in [3.8, 4) is 0 Å². The largest absolute Gasteiger partial charge is 0.394 e. The Morgan fingerprint density at radius 2 is 2.21 bits per heavy atom. The third kappa shape index (κ3) is 2.80. The van der Waals surface area contributed by atoms with Crippen LogP contribution in [0.25, 0.3) is 0 Å². The van der Waals surface area contributed by atoms with Crippen LogP contribution >= 0.6 is 0 Å². The fraction of sp³-hybridized carbons (Fsp3) is 0.846. The van der Waals surface area contributed by atoms with Gasteiger partial charge < -0.3 is 14.4 Å². The number of aliphatic hydroxyl groups is 1. The third-order valence-electron chi connectivity index (χ3n) is 3.91. The number of fused-ring (bicyclic) bond motifs is 1. The summed E-state index contributed by atoms with van der Waals surface area (Å²) in [6, 6.07) is 0. The minimum Gasteiger partial charge on any atom is -0.394 e. The molecule has 3 heterocycles. The van der Waals surface area contributed by atoms with Crippen molar-refractivity contribution in [1.82, 2.24) is 19.7 Å². The van der Waals surface area contributed by atoms with Gasteiger partial charge in [-0.05, 0) is 19.8 Å². The van der Waals surface area contributed by atoms with Crippen LogP contribution in [0, 0.1) is 0 Å². The SMILES string of the molecule is CC1CN(Cc2nnc3n2CCCC3)CC(CO)O1. The van der Waals surface area contributed by atoms with Crippen LogP contribution in [0.5, 0.6) is 0 Å². The lowest BCUT2D eigenvalue weighted by Gasteiger charge is -2.35. The molecule has 2 aliphatic heterocycles. The van der Waals surface area contributed by atoms with E-state index in [1.54, 1.807) is 0 Å². The minimum atomic E-state index is -0.0764. The summed E-state index contributed by atoms with van der Waals surface area (Å²) in [6.45, 7) is 5.63. The van der Waals surface area contributed by atoms with Gasteiger partial charge in [-0.2, -0.15) is 0 Å². The van der Waals surface area contributed by atoms with Crippen LogP contribution in [0.2, 0.25) is 0 Å². The summed E-state index contributed by atoms with van der Waals surface area (Å²) < 4.78 is 7.92. The summed E-state index contributed by atoms with van der Waals surface area (Å²) in [6.07, 6.45) is 3.57. The number of ether oxygens (including phenoxy) is 1. The number of aryl methyl sites for hydroxylation is 1. The molecule has 2 aliphatic rings. The van der Waals surface area contributed by atoms with Crippen molar-refractivity contribution in [1.29, 1.82) is 0 Å². The summed E-state index contributed by atoms with van der Waals surface area (Å²) in [5, 5.41) is 17.9. The van der Waals surface area contributed by atoms with Crippen molar-refractivity contribution in [2.45, 2.75) is 51.5 Å². The molecule has 19 heavy (non-hydrogen) atoms. The molecule has 2 atom stereocenters. The Morgan fingerprint density at radius 3 is 3.05 bits per heavy atom. The van der Waals surface area contributed by atoms with Crippen molar-refractivity contribution in [3.63, 3.8) is 0 Å². The van der Waals surface area contributed by atoms with Crippen molar-refractivity contribution in [3.05, 3.63) is 11.6 Å². The highest BCUT2D eigenvalue weighted by molar-refractivity contribution is 4.99. The molecule has 106 valence electrons. The molecule has 0 aliphatic carbocycles. The van der Waals surface area contributed by atoms with Crippen molar-refractivity contribution < 1.29 is 9.84 Å². The lowest BCUT2D eigenvalue weighted by atomic mass is 10.1. The molecular formula is C13H22N4O2. The quantitative estimate of drug-likeness (QED) is 0.846. The Balaban J connectivity index is 1.69. The number of morpholine rings is 1. The first-order valence-electron chi connectivity index (χ1n) is 7.16. The summed E-state index contributed by atoms with van der Waals surface area (Å²) in [5.41, 5.74) is 0. The van der Waals surface area contributed by atoms with E-state index >= 15 is 0 Å². The monoisotopic (exact) mass is 266 g/mol. The van der Waals surface area contributed by atoms with Crippen LogP contribution in [-0.2, 0) is 24.2 Å². The Kier molecular flexibility index (Phi) is 3.81. The first kappa shape index (κ1) is 13.0. The van der Waals surface area contributed by atoms with Gasteiger partial charge in [-0.3, -0.25) is 4.90 Å². The zero-order chi connectivity index (χ0) is 13.2. The summed E-state index contributed by atoms with van der Waals surface area (Å²) in [4.78, 5) is 2.31. The van der Waals surface area contributed by atoms with Gasteiger partial charge in [-0.1, -0.05) is 0 Å². The zero-order valence-electron chi connectivity index (χ0n) is 11.5. The molecule has 0 spiro atoms. The molecule has 1 fully saturated rings. The van der Waals surface area contributed by atoms with E-state index in [0.29, 0.717) is 0 Å². The van der Waals surface area contributed by atoms with E-state index in [0.717, 1.165) is 44.2 Å². The van der Waals surface area contributed by atoms with Gasteiger partial charge in [-0.15, -0.1) is 10.2 Å². The first-order valence-corrected chi connectivity index (χ1v) is 7.16. The number of hydrogen-bond donors (Lipinski definition) is 1. The predicted octanol–water partition coefficient (Wildman–Crippen LogP) is 0.196. The van der Waals surface area contributed by atoms with Crippen LogP contribution in [0.4, 0.5) is 0 Å². The highest BCUT2D eigenvalue weighted by Crippen LogP contribution is 2.17. The zero-order valence-corrected chi connectivity index (χ0v) is 11.5. The second kappa shape index (κ2) is 5.56. The molecule has 0 saturated carbocycles. The fourth-order valence-electron chi connectivity index (χ4n) is 3.06. The second-order valence-corrected chi connectivity index (χ2v) is 5.59. The smallest absolute Gasteiger partial charge is 0.147 e. The molecule has 6 nitrogen and oxygen atoms in total. The number of aliphatic hydroxyl groups excluding tert-OH is 1. The van der Waals surface area contributed by atoms with Gasteiger partial charge in [0.25, 0.3) is 0 Å². The van der Waals surface area contributed by atoms with Crippen molar-refractivity contribution >= 4 is 0 Å². The Bertz CT molecular complexity index is 434. The van der Waals surface area contributed by atoms with Gasteiger partial charge in [0.2, 0.25) is 0 Å². The molecule has 1 aromatic heterocycles. The summed E-state index contributed by atoms with van der Waals surface area (Å²) in [7, 11) is 0. The molecule has 1 N–H and O–H groups in total. The van der Waals surface area contributed by atoms with Crippen LogP contribution in [-0.4, -0.2) is 56.7 Å². The lowest BCUT2D eigenvalue weighted by molar-refractivity contribution is -0.0979.